The summed E-state index contributed by atoms with van der Waals surface area (Å²) in [6.07, 6.45) is 4.26. The van der Waals surface area contributed by atoms with Crippen molar-refractivity contribution in [3.63, 3.8) is 0 Å². The van der Waals surface area contributed by atoms with Crippen LogP contribution in [0.2, 0.25) is 0 Å². The highest BCUT2D eigenvalue weighted by Gasteiger charge is 2.25. The standard InChI is InChI=1S/C22H27NO3/c1-6-26-22(24)19-15(4)17-9-7-8-10-18(17)23-20(19)16-11-13(2)21(25-5)14(3)12-16/h11-12H,6-10H2,1-5H3. The third kappa shape index (κ3) is 3.20. The zero-order valence-electron chi connectivity index (χ0n) is 16.4. The van der Waals surface area contributed by atoms with Gasteiger partial charge in [0.1, 0.15) is 5.75 Å². The van der Waals surface area contributed by atoms with E-state index in [4.69, 9.17) is 14.5 Å². The first-order valence-electron chi connectivity index (χ1n) is 9.33. The van der Waals surface area contributed by atoms with Gasteiger partial charge in [-0.3, -0.25) is 4.98 Å². The number of fused-ring (bicyclic) bond motifs is 1. The molecule has 0 amide bonds. The number of benzene rings is 1. The second-order valence-corrected chi connectivity index (χ2v) is 6.96. The van der Waals surface area contributed by atoms with Gasteiger partial charge in [0.15, 0.2) is 0 Å². The van der Waals surface area contributed by atoms with Crippen LogP contribution in [0.3, 0.4) is 0 Å². The van der Waals surface area contributed by atoms with E-state index in [-0.39, 0.29) is 5.97 Å². The lowest BCUT2D eigenvalue weighted by molar-refractivity contribution is 0.0526. The summed E-state index contributed by atoms with van der Waals surface area (Å²) in [5, 5.41) is 0. The second-order valence-electron chi connectivity index (χ2n) is 6.96. The fraction of sp³-hybridized carbons (Fsp3) is 0.455. The number of rotatable bonds is 4. The van der Waals surface area contributed by atoms with Crippen molar-refractivity contribution >= 4 is 5.97 Å². The van der Waals surface area contributed by atoms with Crippen LogP contribution in [0.4, 0.5) is 0 Å². The van der Waals surface area contributed by atoms with Gasteiger partial charge in [0.2, 0.25) is 0 Å². The van der Waals surface area contributed by atoms with Gasteiger partial charge in [-0.25, -0.2) is 4.79 Å². The van der Waals surface area contributed by atoms with Crippen molar-refractivity contribution in [1.82, 2.24) is 4.98 Å². The summed E-state index contributed by atoms with van der Waals surface area (Å²) in [7, 11) is 1.68. The van der Waals surface area contributed by atoms with Crippen LogP contribution >= 0.6 is 0 Å². The highest BCUT2D eigenvalue weighted by atomic mass is 16.5. The maximum atomic E-state index is 12.8. The lowest BCUT2D eigenvalue weighted by Gasteiger charge is -2.22. The Bertz CT molecular complexity index is 832. The molecule has 1 aromatic carbocycles. The maximum absolute atomic E-state index is 12.8. The van der Waals surface area contributed by atoms with E-state index in [2.05, 4.69) is 0 Å². The molecule has 1 aliphatic rings. The molecular weight excluding hydrogens is 326 g/mol. The van der Waals surface area contributed by atoms with E-state index in [9.17, 15) is 4.79 Å². The average molecular weight is 353 g/mol. The molecule has 0 aliphatic heterocycles. The zero-order valence-corrected chi connectivity index (χ0v) is 16.4. The predicted octanol–water partition coefficient (Wildman–Crippen LogP) is 4.74. The first kappa shape index (κ1) is 18.4. The van der Waals surface area contributed by atoms with Crippen LogP contribution in [0, 0.1) is 20.8 Å². The molecule has 0 saturated carbocycles. The van der Waals surface area contributed by atoms with Crippen molar-refractivity contribution in [3.8, 4) is 17.0 Å². The number of pyridine rings is 1. The van der Waals surface area contributed by atoms with E-state index in [0.29, 0.717) is 12.2 Å². The molecule has 138 valence electrons. The third-order valence-corrected chi connectivity index (χ3v) is 5.17. The summed E-state index contributed by atoms with van der Waals surface area (Å²) in [6, 6.07) is 4.09. The Labute approximate surface area is 155 Å². The van der Waals surface area contributed by atoms with Gasteiger partial charge in [0.05, 0.1) is 25.0 Å². The molecule has 0 spiro atoms. The first-order chi connectivity index (χ1) is 12.5. The van der Waals surface area contributed by atoms with Gasteiger partial charge in [-0.05, 0) is 87.8 Å². The summed E-state index contributed by atoms with van der Waals surface area (Å²) >= 11 is 0. The number of nitrogens with zero attached hydrogens (tertiary/aromatic N) is 1. The van der Waals surface area contributed by atoms with Crippen molar-refractivity contribution in [3.05, 3.63) is 45.6 Å². The van der Waals surface area contributed by atoms with Gasteiger partial charge in [0, 0.05) is 11.3 Å². The highest BCUT2D eigenvalue weighted by Crippen LogP contribution is 2.35. The van der Waals surface area contributed by atoms with Crippen molar-refractivity contribution in [2.45, 2.75) is 53.4 Å². The van der Waals surface area contributed by atoms with E-state index in [1.54, 1.807) is 7.11 Å². The van der Waals surface area contributed by atoms with E-state index in [1.807, 2.05) is 39.8 Å². The van der Waals surface area contributed by atoms with Crippen LogP contribution in [0.1, 0.15) is 58.1 Å². The Morgan fingerprint density at radius 3 is 2.38 bits per heavy atom. The minimum Gasteiger partial charge on any atom is -0.496 e. The second kappa shape index (κ2) is 7.48. The molecule has 4 heteroatoms. The van der Waals surface area contributed by atoms with Gasteiger partial charge >= 0.3 is 5.97 Å². The quantitative estimate of drug-likeness (QED) is 0.745. The molecule has 1 aromatic heterocycles. The lowest BCUT2D eigenvalue weighted by Crippen LogP contribution is -2.16. The fourth-order valence-electron chi connectivity index (χ4n) is 4.01. The third-order valence-electron chi connectivity index (χ3n) is 5.17. The zero-order chi connectivity index (χ0) is 18.8. The minimum absolute atomic E-state index is 0.285. The Hall–Kier alpha value is -2.36. The Kier molecular flexibility index (Phi) is 5.30. The van der Waals surface area contributed by atoms with Gasteiger partial charge in [-0.1, -0.05) is 0 Å². The van der Waals surface area contributed by atoms with Crippen LogP contribution in [-0.2, 0) is 17.6 Å². The minimum atomic E-state index is -0.285. The molecule has 4 nitrogen and oxygen atoms in total. The van der Waals surface area contributed by atoms with Gasteiger partial charge in [0.25, 0.3) is 0 Å². The van der Waals surface area contributed by atoms with Crippen LogP contribution in [0.15, 0.2) is 12.1 Å². The largest absolute Gasteiger partial charge is 0.496 e. The van der Waals surface area contributed by atoms with Crippen LogP contribution in [0.5, 0.6) is 5.75 Å². The van der Waals surface area contributed by atoms with E-state index >= 15 is 0 Å². The number of aryl methyl sites for hydroxylation is 3. The van der Waals surface area contributed by atoms with Crippen molar-refractivity contribution in [2.75, 3.05) is 13.7 Å². The SMILES string of the molecule is CCOC(=O)c1c(-c2cc(C)c(OC)c(C)c2)nc2c(c1C)CCCC2. The van der Waals surface area contributed by atoms with E-state index in [1.165, 1.54) is 5.56 Å². The Morgan fingerprint density at radius 1 is 1.12 bits per heavy atom. The van der Waals surface area contributed by atoms with Gasteiger partial charge in [-0.15, -0.1) is 0 Å². The maximum Gasteiger partial charge on any atom is 0.340 e. The molecule has 1 heterocycles. The first-order valence-corrected chi connectivity index (χ1v) is 9.33. The summed E-state index contributed by atoms with van der Waals surface area (Å²) < 4.78 is 10.8. The van der Waals surface area contributed by atoms with Crippen molar-refractivity contribution < 1.29 is 14.3 Å². The Morgan fingerprint density at radius 2 is 1.77 bits per heavy atom. The number of methoxy groups -OCH3 is 1. The molecule has 0 bridgehead atoms. The molecule has 2 aromatic rings. The number of aromatic nitrogens is 1. The van der Waals surface area contributed by atoms with Crippen LogP contribution < -0.4 is 4.74 Å². The monoisotopic (exact) mass is 353 g/mol. The van der Waals surface area contributed by atoms with Gasteiger partial charge in [-0.2, -0.15) is 0 Å². The lowest BCUT2D eigenvalue weighted by atomic mass is 9.88. The van der Waals surface area contributed by atoms with E-state index in [0.717, 1.165) is 65.1 Å². The van der Waals surface area contributed by atoms with Crippen molar-refractivity contribution in [1.29, 1.82) is 0 Å². The number of ether oxygens (including phenoxy) is 2. The highest BCUT2D eigenvalue weighted by molar-refractivity contribution is 5.98. The molecule has 0 atom stereocenters. The van der Waals surface area contributed by atoms with E-state index < -0.39 is 0 Å². The summed E-state index contributed by atoms with van der Waals surface area (Å²) in [4.78, 5) is 17.7. The smallest absolute Gasteiger partial charge is 0.340 e. The summed E-state index contributed by atoms with van der Waals surface area (Å²) in [5.74, 6) is 0.591. The molecule has 0 saturated heterocycles. The molecule has 0 N–H and O–H groups in total. The van der Waals surface area contributed by atoms with Crippen LogP contribution in [-0.4, -0.2) is 24.7 Å². The number of esters is 1. The summed E-state index contributed by atoms with van der Waals surface area (Å²) in [6.45, 7) is 8.26. The number of hydrogen-bond donors (Lipinski definition) is 0. The molecule has 26 heavy (non-hydrogen) atoms. The summed E-state index contributed by atoms with van der Waals surface area (Å²) in [5.41, 5.74) is 7.73. The molecule has 0 fully saturated rings. The fourth-order valence-corrected chi connectivity index (χ4v) is 4.01. The predicted molar refractivity (Wildman–Crippen MR) is 103 cm³/mol. The molecular formula is C22H27NO3. The number of carbonyl (C=O) groups excluding carboxylic acids is 1. The van der Waals surface area contributed by atoms with Crippen molar-refractivity contribution in [2.24, 2.45) is 0 Å². The molecule has 0 radical (unpaired) electrons. The molecule has 3 rings (SSSR count). The topological polar surface area (TPSA) is 48.4 Å². The average Bonchev–Trinajstić information content (AvgIpc) is 2.61. The number of carbonyl (C=O) groups is 1. The molecule has 1 aliphatic carbocycles. The normalized spacial score (nSPS) is 13.3. The molecule has 0 unspecified atom stereocenters. The Balaban J connectivity index is 2.26. The van der Waals surface area contributed by atoms with Crippen LogP contribution in [0.25, 0.3) is 11.3 Å². The van der Waals surface area contributed by atoms with Gasteiger partial charge < -0.3 is 9.47 Å². The number of hydrogen-bond acceptors (Lipinski definition) is 4.